The third-order valence-electron chi connectivity index (χ3n) is 4.69. The molecule has 2 N–H and O–H groups in total. The Labute approximate surface area is 148 Å². The average molecular weight is 341 g/mol. The van der Waals surface area contributed by atoms with Gasteiger partial charge in [-0.25, -0.2) is 0 Å². The second kappa shape index (κ2) is 6.86. The number of hydrogen-bond acceptors (Lipinski definition) is 5. The number of H-pyrrole nitrogens is 1. The summed E-state index contributed by atoms with van der Waals surface area (Å²) in [5.41, 5.74) is 2.02. The third kappa shape index (κ3) is 4.18. The zero-order chi connectivity index (χ0) is 18.0. The molecule has 3 rings (SSSR count). The van der Waals surface area contributed by atoms with Crippen LogP contribution in [-0.4, -0.2) is 28.3 Å². The summed E-state index contributed by atoms with van der Waals surface area (Å²) < 4.78 is 0. The number of aromatic amines is 1. The molecule has 1 aliphatic heterocycles. The number of nitrogens with zero attached hydrogens (tertiary/aromatic N) is 3. The average Bonchev–Trinajstić information content (AvgIpc) is 2.55. The van der Waals surface area contributed by atoms with Crippen molar-refractivity contribution in [2.24, 2.45) is 5.92 Å². The first-order valence-corrected chi connectivity index (χ1v) is 8.92. The molecule has 0 spiro atoms. The lowest BCUT2D eigenvalue weighted by Crippen LogP contribution is -2.32. The Morgan fingerprint density at radius 2 is 1.76 bits per heavy atom. The second-order valence-corrected chi connectivity index (χ2v) is 7.94. The van der Waals surface area contributed by atoms with Crippen molar-refractivity contribution in [3.05, 3.63) is 40.3 Å². The summed E-state index contributed by atoms with van der Waals surface area (Å²) in [6.07, 6.45) is 2.49. The molecule has 2 aromatic rings. The molecule has 0 aliphatic carbocycles. The maximum absolute atomic E-state index is 12.2. The van der Waals surface area contributed by atoms with Gasteiger partial charge in [-0.2, -0.15) is 0 Å². The van der Waals surface area contributed by atoms with E-state index in [1.165, 1.54) is 18.5 Å². The summed E-state index contributed by atoms with van der Waals surface area (Å²) in [7, 11) is 0. The molecule has 6 heteroatoms. The van der Waals surface area contributed by atoms with Gasteiger partial charge in [0.2, 0.25) is 5.95 Å². The highest BCUT2D eigenvalue weighted by atomic mass is 16.1. The molecular formula is C19H27N5O. The van der Waals surface area contributed by atoms with Crippen LogP contribution in [0.3, 0.4) is 0 Å². The van der Waals surface area contributed by atoms with Gasteiger partial charge in [0, 0.05) is 29.9 Å². The maximum atomic E-state index is 12.2. The predicted octanol–water partition coefficient (Wildman–Crippen LogP) is 3.44. The predicted molar refractivity (Wildman–Crippen MR) is 102 cm³/mol. The second-order valence-electron chi connectivity index (χ2n) is 7.94. The van der Waals surface area contributed by atoms with Crippen molar-refractivity contribution < 1.29 is 0 Å². The molecule has 6 nitrogen and oxygen atoms in total. The van der Waals surface area contributed by atoms with Crippen molar-refractivity contribution in [2.75, 3.05) is 23.3 Å². The first kappa shape index (κ1) is 17.5. The van der Waals surface area contributed by atoms with Crippen LogP contribution >= 0.6 is 0 Å². The van der Waals surface area contributed by atoms with Crippen LogP contribution in [0.5, 0.6) is 0 Å². The van der Waals surface area contributed by atoms with E-state index in [4.69, 9.17) is 0 Å². The molecule has 1 saturated heterocycles. The lowest BCUT2D eigenvalue weighted by Gasteiger charge is -2.32. The van der Waals surface area contributed by atoms with Crippen LogP contribution < -0.4 is 15.8 Å². The van der Waals surface area contributed by atoms with Gasteiger partial charge in [0.25, 0.3) is 5.56 Å². The van der Waals surface area contributed by atoms with Crippen molar-refractivity contribution in [1.29, 1.82) is 0 Å². The minimum Gasteiger partial charge on any atom is -0.372 e. The highest BCUT2D eigenvalue weighted by Crippen LogP contribution is 2.25. The van der Waals surface area contributed by atoms with Gasteiger partial charge >= 0.3 is 0 Å². The Balaban J connectivity index is 1.69. The molecule has 1 aromatic carbocycles. The Bertz CT molecular complexity index is 768. The summed E-state index contributed by atoms with van der Waals surface area (Å²) in [6, 6.07) is 8.22. The van der Waals surface area contributed by atoms with Gasteiger partial charge < -0.3 is 10.2 Å². The van der Waals surface area contributed by atoms with Gasteiger partial charge in [-0.05, 0) is 43.0 Å². The molecule has 0 saturated carbocycles. The number of anilines is 3. The molecule has 1 fully saturated rings. The van der Waals surface area contributed by atoms with E-state index in [2.05, 4.69) is 44.5 Å². The Morgan fingerprint density at radius 1 is 1.12 bits per heavy atom. The number of piperidine rings is 1. The van der Waals surface area contributed by atoms with Crippen molar-refractivity contribution >= 4 is 17.3 Å². The fourth-order valence-electron chi connectivity index (χ4n) is 3.04. The molecule has 134 valence electrons. The molecule has 0 amide bonds. The van der Waals surface area contributed by atoms with Crippen molar-refractivity contribution in [3.63, 3.8) is 0 Å². The van der Waals surface area contributed by atoms with Gasteiger partial charge in [-0.3, -0.25) is 9.78 Å². The number of benzene rings is 1. The van der Waals surface area contributed by atoms with Crippen LogP contribution in [0.1, 0.15) is 46.2 Å². The van der Waals surface area contributed by atoms with E-state index in [9.17, 15) is 4.79 Å². The topological polar surface area (TPSA) is 73.9 Å². The standard InChI is InChI=1S/C19H27N5O/c1-13-9-11-24(12-10-13)15-7-5-14(6-8-15)20-18-21-17(25)16(22-23-18)19(2,3)4/h5-8,13H,9-12H2,1-4H3,(H2,20,21,23,25). The smallest absolute Gasteiger partial charge is 0.274 e. The summed E-state index contributed by atoms with van der Waals surface area (Å²) in [4.78, 5) is 17.3. The molecule has 0 radical (unpaired) electrons. The van der Waals surface area contributed by atoms with Gasteiger partial charge in [0.05, 0.1) is 0 Å². The summed E-state index contributed by atoms with van der Waals surface area (Å²) >= 11 is 0. The molecule has 0 bridgehead atoms. The van der Waals surface area contributed by atoms with Crippen LogP contribution in [0.15, 0.2) is 29.1 Å². The normalized spacial score (nSPS) is 16.1. The number of rotatable bonds is 3. The molecule has 2 heterocycles. The van der Waals surface area contributed by atoms with E-state index < -0.39 is 0 Å². The van der Waals surface area contributed by atoms with Crippen molar-refractivity contribution in [2.45, 2.75) is 46.0 Å². The summed E-state index contributed by atoms with van der Waals surface area (Å²) in [5, 5.41) is 11.3. The molecule has 25 heavy (non-hydrogen) atoms. The van der Waals surface area contributed by atoms with E-state index in [0.29, 0.717) is 11.6 Å². The third-order valence-corrected chi connectivity index (χ3v) is 4.69. The molecule has 0 unspecified atom stereocenters. The lowest BCUT2D eigenvalue weighted by atomic mass is 9.93. The Hall–Kier alpha value is -2.37. The number of nitrogens with one attached hydrogen (secondary N) is 2. The van der Waals surface area contributed by atoms with Crippen LogP contribution in [0.25, 0.3) is 0 Å². The van der Waals surface area contributed by atoms with Crippen LogP contribution in [0.2, 0.25) is 0 Å². The van der Waals surface area contributed by atoms with Crippen LogP contribution in [0.4, 0.5) is 17.3 Å². The van der Waals surface area contributed by atoms with Gasteiger partial charge in [-0.1, -0.05) is 27.7 Å². The fraction of sp³-hybridized carbons (Fsp3) is 0.526. The quantitative estimate of drug-likeness (QED) is 0.894. The zero-order valence-corrected chi connectivity index (χ0v) is 15.5. The SMILES string of the molecule is CC1CCN(c2ccc(Nc3nnc(C(C)(C)C)c(=O)[nH]3)cc2)CC1. The monoisotopic (exact) mass is 341 g/mol. The minimum atomic E-state index is -0.327. The number of aromatic nitrogens is 3. The Kier molecular flexibility index (Phi) is 4.79. The van der Waals surface area contributed by atoms with E-state index in [-0.39, 0.29) is 11.0 Å². The van der Waals surface area contributed by atoms with Crippen LogP contribution in [0, 0.1) is 5.92 Å². The molecular weight excluding hydrogens is 314 g/mol. The van der Waals surface area contributed by atoms with E-state index in [1.54, 1.807) is 0 Å². The molecule has 1 aromatic heterocycles. The van der Waals surface area contributed by atoms with Crippen LogP contribution in [-0.2, 0) is 5.41 Å². The zero-order valence-electron chi connectivity index (χ0n) is 15.5. The first-order chi connectivity index (χ1) is 11.8. The molecule has 1 aliphatic rings. The maximum Gasteiger partial charge on any atom is 0.274 e. The highest BCUT2D eigenvalue weighted by molar-refractivity contribution is 5.59. The van der Waals surface area contributed by atoms with E-state index >= 15 is 0 Å². The fourth-order valence-corrected chi connectivity index (χ4v) is 3.04. The minimum absolute atomic E-state index is 0.205. The van der Waals surface area contributed by atoms with Crippen molar-refractivity contribution in [1.82, 2.24) is 15.2 Å². The largest absolute Gasteiger partial charge is 0.372 e. The molecule has 0 atom stereocenters. The van der Waals surface area contributed by atoms with Gasteiger partial charge in [0.15, 0.2) is 0 Å². The van der Waals surface area contributed by atoms with E-state index in [0.717, 1.165) is 24.7 Å². The summed E-state index contributed by atoms with van der Waals surface area (Å²) in [6.45, 7) is 10.4. The summed E-state index contributed by atoms with van der Waals surface area (Å²) in [5.74, 6) is 1.18. The number of hydrogen-bond donors (Lipinski definition) is 2. The Morgan fingerprint density at radius 3 is 2.32 bits per heavy atom. The lowest BCUT2D eigenvalue weighted by molar-refractivity contribution is 0.438. The van der Waals surface area contributed by atoms with Gasteiger partial charge in [-0.15, -0.1) is 10.2 Å². The van der Waals surface area contributed by atoms with Gasteiger partial charge in [0.1, 0.15) is 5.69 Å². The van der Waals surface area contributed by atoms with Crippen molar-refractivity contribution in [3.8, 4) is 0 Å². The van der Waals surface area contributed by atoms with E-state index in [1.807, 2.05) is 32.9 Å². The first-order valence-electron chi connectivity index (χ1n) is 8.92. The highest BCUT2D eigenvalue weighted by Gasteiger charge is 2.20.